The van der Waals surface area contributed by atoms with E-state index >= 15 is 0 Å². The number of fused-ring (bicyclic) bond motifs is 1. The number of carbonyl (C=O) groups is 1. The molecule has 146 valence electrons. The average Bonchev–Trinajstić information content (AvgIpc) is 3.43. The van der Waals surface area contributed by atoms with E-state index in [2.05, 4.69) is 15.1 Å². The summed E-state index contributed by atoms with van der Waals surface area (Å²) < 4.78 is 15.8. The van der Waals surface area contributed by atoms with E-state index in [0.29, 0.717) is 23.0 Å². The fraction of sp³-hybridized carbons (Fsp3) is 0.400. The van der Waals surface area contributed by atoms with Crippen LogP contribution in [0, 0.1) is 19.7 Å². The van der Waals surface area contributed by atoms with Gasteiger partial charge in [0.15, 0.2) is 0 Å². The normalized spacial score (nSPS) is 13.9. The van der Waals surface area contributed by atoms with Crippen LogP contribution in [-0.2, 0) is 17.8 Å². The molecule has 0 spiro atoms. The number of aryl methyl sites for hydroxylation is 2. The molecule has 0 radical (unpaired) electrons. The van der Waals surface area contributed by atoms with Crippen LogP contribution in [-0.4, -0.2) is 42.7 Å². The summed E-state index contributed by atoms with van der Waals surface area (Å²) in [5.41, 5.74) is 3.05. The van der Waals surface area contributed by atoms with Gasteiger partial charge in [-0.25, -0.2) is 13.9 Å². The number of hydrogen-bond acceptors (Lipinski definition) is 5. The van der Waals surface area contributed by atoms with E-state index in [1.807, 2.05) is 20.1 Å². The molecular weight excluding hydrogens is 377 g/mol. The van der Waals surface area contributed by atoms with Crippen molar-refractivity contribution in [3.05, 3.63) is 52.6 Å². The molecule has 1 aliphatic rings. The lowest BCUT2D eigenvalue weighted by atomic mass is 10.1. The lowest BCUT2D eigenvalue weighted by Crippen LogP contribution is -2.34. The van der Waals surface area contributed by atoms with Gasteiger partial charge in [0, 0.05) is 35.1 Å². The lowest BCUT2D eigenvalue weighted by Gasteiger charge is -2.23. The Morgan fingerprint density at radius 2 is 2.04 bits per heavy atom. The van der Waals surface area contributed by atoms with E-state index in [1.165, 1.54) is 17.8 Å². The second-order valence-electron chi connectivity index (χ2n) is 7.09. The van der Waals surface area contributed by atoms with E-state index in [1.54, 1.807) is 27.6 Å². The Morgan fingerprint density at radius 1 is 1.29 bits per heavy atom. The first-order valence-electron chi connectivity index (χ1n) is 9.27. The summed E-state index contributed by atoms with van der Waals surface area (Å²) in [6, 6.07) is 6.83. The topological polar surface area (TPSA) is 63.4 Å². The Labute approximate surface area is 167 Å². The molecule has 0 N–H and O–H groups in total. The van der Waals surface area contributed by atoms with Crippen LogP contribution in [0.4, 0.5) is 4.39 Å². The summed E-state index contributed by atoms with van der Waals surface area (Å²) in [7, 11) is 0. The maximum absolute atomic E-state index is 14.1. The zero-order chi connectivity index (χ0) is 19.8. The van der Waals surface area contributed by atoms with Gasteiger partial charge in [0.2, 0.25) is 11.1 Å². The van der Waals surface area contributed by atoms with Crippen LogP contribution in [0.15, 0.2) is 29.4 Å². The zero-order valence-corrected chi connectivity index (χ0v) is 17.0. The first-order chi connectivity index (χ1) is 13.5. The van der Waals surface area contributed by atoms with Crippen LogP contribution in [0.2, 0.25) is 0 Å². The summed E-state index contributed by atoms with van der Waals surface area (Å²) in [5.74, 6) is 0.257. The Bertz CT molecular complexity index is 1050. The Hall–Kier alpha value is -2.48. The van der Waals surface area contributed by atoms with E-state index in [0.717, 1.165) is 29.8 Å². The largest absolute Gasteiger partial charge is 0.335 e. The highest BCUT2D eigenvalue weighted by atomic mass is 32.2. The van der Waals surface area contributed by atoms with Crippen molar-refractivity contribution < 1.29 is 9.18 Å². The first-order valence-corrected chi connectivity index (χ1v) is 10.5. The third-order valence-electron chi connectivity index (χ3n) is 5.15. The monoisotopic (exact) mass is 399 g/mol. The van der Waals surface area contributed by atoms with Gasteiger partial charge in [-0.05, 0) is 39.0 Å². The summed E-state index contributed by atoms with van der Waals surface area (Å²) in [6.07, 6.45) is 4.07. The van der Waals surface area contributed by atoms with Gasteiger partial charge in [0.25, 0.3) is 5.78 Å². The van der Waals surface area contributed by atoms with Crippen LogP contribution in [0.25, 0.3) is 5.78 Å². The maximum Gasteiger partial charge on any atom is 0.253 e. The van der Waals surface area contributed by atoms with E-state index in [9.17, 15) is 9.18 Å². The quantitative estimate of drug-likeness (QED) is 0.595. The van der Waals surface area contributed by atoms with Crippen molar-refractivity contribution in [2.24, 2.45) is 0 Å². The number of carbonyl (C=O) groups excluding carboxylic acids is 1. The molecule has 6 nitrogen and oxygen atoms in total. The molecule has 0 unspecified atom stereocenters. The zero-order valence-electron chi connectivity index (χ0n) is 16.1. The summed E-state index contributed by atoms with van der Waals surface area (Å²) in [5, 5.41) is 5.09. The summed E-state index contributed by atoms with van der Waals surface area (Å²) in [6.45, 7) is 4.12. The predicted molar refractivity (Wildman–Crippen MR) is 106 cm³/mol. The average molecular weight is 399 g/mol. The SMILES string of the molecule is CSc1nc2nc(C)c(CC(=O)N(Cc3ccccc3F)C3CC3)c(C)n2n1. The van der Waals surface area contributed by atoms with Gasteiger partial charge in [-0.15, -0.1) is 5.10 Å². The van der Waals surface area contributed by atoms with Gasteiger partial charge in [0.1, 0.15) is 5.82 Å². The first kappa shape index (κ1) is 18.9. The van der Waals surface area contributed by atoms with E-state index in [4.69, 9.17) is 0 Å². The van der Waals surface area contributed by atoms with Crippen molar-refractivity contribution in [2.75, 3.05) is 6.26 Å². The van der Waals surface area contributed by atoms with Gasteiger partial charge in [-0.1, -0.05) is 30.0 Å². The van der Waals surface area contributed by atoms with Crippen LogP contribution in [0.5, 0.6) is 0 Å². The van der Waals surface area contributed by atoms with Gasteiger partial charge < -0.3 is 4.90 Å². The number of amides is 1. The molecule has 4 rings (SSSR count). The van der Waals surface area contributed by atoms with Gasteiger partial charge in [-0.3, -0.25) is 4.79 Å². The molecule has 1 fully saturated rings. The van der Waals surface area contributed by atoms with Crippen molar-refractivity contribution in [3.63, 3.8) is 0 Å². The molecule has 8 heteroatoms. The summed E-state index contributed by atoms with van der Waals surface area (Å²) in [4.78, 5) is 23.8. The van der Waals surface area contributed by atoms with Crippen molar-refractivity contribution in [3.8, 4) is 0 Å². The minimum atomic E-state index is -0.274. The molecule has 1 saturated carbocycles. The van der Waals surface area contributed by atoms with Gasteiger partial charge >= 0.3 is 0 Å². The Kier molecular flexibility index (Phi) is 5.05. The molecule has 0 aliphatic heterocycles. The number of halogens is 1. The highest BCUT2D eigenvalue weighted by Crippen LogP contribution is 2.30. The van der Waals surface area contributed by atoms with Gasteiger partial charge in [-0.2, -0.15) is 4.98 Å². The number of nitrogens with zero attached hydrogens (tertiary/aromatic N) is 5. The minimum absolute atomic E-state index is 0.0108. The molecule has 1 aromatic carbocycles. The van der Waals surface area contributed by atoms with Crippen molar-refractivity contribution in [1.29, 1.82) is 0 Å². The van der Waals surface area contributed by atoms with Gasteiger partial charge in [0.05, 0.1) is 6.42 Å². The molecule has 0 bridgehead atoms. The molecule has 0 atom stereocenters. The molecule has 1 amide bonds. The lowest BCUT2D eigenvalue weighted by molar-refractivity contribution is -0.131. The smallest absolute Gasteiger partial charge is 0.253 e. The number of thioether (sulfide) groups is 1. The number of benzene rings is 1. The summed E-state index contributed by atoms with van der Waals surface area (Å²) >= 11 is 1.45. The Morgan fingerprint density at radius 3 is 2.71 bits per heavy atom. The minimum Gasteiger partial charge on any atom is -0.335 e. The van der Waals surface area contributed by atoms with Crippen molar-refractivity contribution in [2.45, 2.75) is 50.9 Å². The second-order valence-corrected chi connectivity index (χ2v) is 7.87. The highest BCUT2D eigenvalue weighted by molar-refractivity contribution is 7.98. The molecular formula is C20H22FN5OS. The van der Waals surface area contributed by atoms with Crippen molar-refractivity contribution >= 4 is 23.4 Å². The standard InChI is InChI=1S/C20H22FN5OS/c1-12-16(13(2)26-19(22-12)23-20(24-26)28-3)10-18(27)25(15-8-9-15)11-14-6-4-5-7-17(14)21/h4-7,15H,8-11H2,1-3H3. The number of rotatable bonds is 6. The Balaban J connectivity index is 1.62. The fourth-order valence-electron chi connectivity index (χ4n) is 3.40. The maximum atomic E-state index is 14.1. The van der Waals surface area contributed by atoms with Crippen LogP contribution in [0.3, 0.4) is 0 Å². The molecule has 0 saturated heterocycles. The molecule has 3 aromatic rings. The second kappa shape index (κ2) is 7.50. The molecule has 2 heterocycles. The number of hydrogen-bond donors (Lipinski definition) is 0. The molecule has 2 aromatic heterocycles. The van der Waals surface area contributed by atoms with Crippen molar-refractivity contribution in [1.82, 2.24) is 24.5 Å². The highest BCUT2D eigenvalue weighted by Gasteiger charge is 2.33. The van der Waals surface area contributed by atoms with E-state index < -0.39 is 0 Å². The molecule has 1 aliphatic carbocycles. The fourth-order valence-corrected chi connectivity index (χ4v) is 3.74. The van der Waals surface area contributed by atoms with E-state index in [-0.39, 0.29) is 24.2 Å². The van der Waals surface area contributed by atoms with Crippen LogP contribution < -0.4 is 0 Å². The van der Waals surface area contributed by atoms with Crippen LogP contribution in [0.1, 0.15) is 35.4 Å². The third kappa shape index (κ3) is 3.61. The predicted octanol–water partition coefficient (Wildman–Crippen LogP) is 3.34. The van der Waals surface area contributed by atoms with Crippen LogP contribution >= 0.6 is 11.8 Å². The third-order valence-corrected chi connectivity index (χ3v) is 5.68. The number of aromatic nitrogens is 4. The molecule has 28 heavy (non-hydrogen) atoms.